The molecule has 0 spiro atoms. The van der Waals surface area contributed by atoms with Crippen LogP contribution in [-0.4, -0.2) is 50.4 Å². The third kappa shape index (κ3) is 4.09. The fourth-order valence-corrected chi connectivity index (χ4v) is 2.79. The Bertz CT molecular complexity index is 334. The average molecular weight is 248 g/mol. The maximum Gasteiger partial charge on any atom is 0.238 e. The smallest absolute Gasteiger partial charge is 0.238 e. The summed E-state index contributed by atoms with van der Waals surface area (Å²) >= 11 is 0. The molecular formula is C10H20N2O3S. The molecule has 1 aliphatic carbocycles. The number of nitrogens with zero attached hydrogens (tertiary/aromatic N) is 1. The summed E-state index contributed by atoms with van der Waals surface area (Å²) in [5, 5.41) is 0. The van der Waals surface area contributed by atoms with E-state index in [-0.39, 0.29) is 11.9 Å². The van der Waals surface area contributed by atoms with Crippen LogP contribution in [0.15, 0.2) is 0 Å². The van der Waals surface area contributed by atoms with Crippen LogP contribution in [0.2, 0.25) is 0 Å². The zero-order valence-electron chi connectivity index (χ0n) is 9.68. The highest BCUT2D eigenvalue weighted by Gasteiger charge is 2.27. The summed E-state index contributed by atoms with van der Waals surface area (Å²) in [7, 11) is -3.25. The Morgan fingerprint density at radius 1 is 1.38 bits per heavy atom. The van der Waals surface area contributed by atoms with Gasteiger partial charge in [-0.15, -0.1) is 0 Å². The van der Waals surface area contributed by atoms with Gasteiger partial charge in [-0.05, 0) is 12.8 Å². The number of carbonyl (C=O) groups is 1. The van der Waals surface area contributed by atoms with E-state index < -0.39 is 15.6 Å². The van der Waals surface area contributed by atoms with Crippen LogP contribution < -0.4 is 5.73 Å². The quantitative estimate of drug-likeness (QED) is 0.728. The molecule has 0 radical (unpaired) electrons. The van der Waals surface area contributed by atoms with E-state index in [1.165, 1.54) is 0 Å². The van der Waals surface area contributed by atoms with E-state index in [2.05, 4.69) is 0 Å². The Kier molecular flexibility index (Phi) is 4.73. The topological polar surface area (TPSA) is 80.5 Å². The van der Waals surface area contributed by atoms with Crippen molar-refractivity contribution in [3.8, 4) is 0 Å². The normalized spacial score (nSPS) is 17.6. The minimum absolute atomic E-state index is 0.192. The van der Waals surface area contributed by atoms with Crippen LogP contribution in [0.1, 0.15) is 25.7 Å². The fourth-order valence-electron chi connectivity index (χ4n) is 2.17. The van der Waals surface area contributed by atoms with Gasteiger partial charge in [-0.25, -0.2) is 8.42 Å². The Morgan fingerprint density at radius 3 is 2.38 bits per heavy atom. The second-order valence-corrected chi connectivity index (χ2v) is 6.52. The molecule has 1 aliphatic rings. The molecule has 0 atom stereocenters. The Morgan fingerprint density at radius 2 is 1.94 bits per heavy atom. The van der Waals surface area contributed by atoms with Gasteiger partial charge in [-0.3, -0.25) is 4.79 Å². The van der Waals surface area contributed by atoms with Crippen LogP contribution in [0.5, 0.6) is 0 Å². The minimum atomic E-state index is -3.25. The molecule has 0 heterocycles. The van der Waals surface area contributed by atoms with Crippen molar-refractivity contribution in [1.82, 2.24) is 4.90 Å². The first kappa shape index (κ1) is 13.4. The zero-order chi connectivity index (χ0) is 12.2. The van der Waals surface area contributed by atoms with Gasteiger partial charge in [0.15, 0.2) is 9.84 Å². The van der Waals surface area contributed by atoms with E-state index in [1.54, 1.807) is 4.90 Å². The van der Waals surface area contributed by atoms with Crippen molar-refractivity contribution in [3.05, 3.63) is 0 Å². The molecule has 2 N–H and O–H groups in total. The van der Waals surface area contributed by atoms with Gasteiger partial charge in [0.2, 0.25) is 5.91 Å². The second kappa shape index (κ2) is 5.63. The minimum Gasteiger partial charge on any atom is -0.338 e. The molecule has 1 fully saturated rings. The van der Waals surface area contributed by atoms with E-state index in [4.69, 9.17) is 5.73 Å². The van der Waals surface area contributed by atoms with Crippen molar-refractivity contribution in [2.75, 3.05) is 25.1 Å². The lowest BCUT2D eigenvalue weighted by molar-refractivity contribution is -0.130. The molecule has 6 heteroatoms. The predicted molar refractivity (Wildman–Crippen MR) is 62.7 cm³/mol. The van der Waals surface area contributed by atoms with Crippen LogP contribution >= 0.6 is 0 Å². The largest absolute Gasteiger partial charge is 0.338 e. The van der Waals surface area contributed by atoms with Crippen molar-refractivity contribution in [3.63, 3.8) is 0 Å². The van der Waals surface area contributed by atoms with Crippen LogP contribution in [0.4, 0.5) is 0 Å². The van der Waals surface area contributed by atoms with Crippen LogP contribution in [0, 0.1) is 0 Å². The third-order valence-electron chi connectivity index (χ3n) is 2.84. The number of amides is 1. The van der Waals surface area contributed by atoms with Crippen molar-refractivity contribution < 1.29 is 13.2 Å². The van der Waals surface area contributed by atoms with Crippen molar-refractivity contribution in [1.29, 1.82) is 0 Å². The maximum atomic E-state index is 11.8. The van der Waals surface area contributed by atoms with E-state index in [0.717, 1.165) is 31.9 Å². The van der Waals surface area contributed by atoms with Crippen LogP contribution in [0.25, 0.3) is 0 Å². The summed E-state index contributed by atoms with van der Waals surface area (Å²) in [6, 6.07) is 0.192. The molecule has 0 aromatic carbocycles. The highest BCUT2D eigenvalue weighted by atomic mass is 32.2. The van der Waals surface area contributed by atoms with Crippen LogP contribution in [0.3, 0.4) is 0 Å². The van der Waals surface area contributed by atoms with Gasteiger partial charge in [-0.2, -0.15) is 0 Å². The van der Waals surface area contributed by atoms with Crippen molar-refractivity contribution >= 4 is 15.7 Å². The Hall–Kier alpha value is -0.620. The molecule has 1 saturated carbocycles. The number of rotatable bonds is 5. The summed E-state index contributed by atoms with van der Waals surface area (Å²) in [5.41, 5.74) is 5.46. The van der Waals surface area contributed by atoms with Gasteiger partial charge in [0, 0.05) is 25.4 Å². The molecule has 0 aromatic rings. The highest BCUT2D eigenvalue weighted by molar-refractivity contribution is 7.91. The highest BCUT2D eigenvalue weighted by Crippen LogP contribution is 2.23. The average Bonchev–Trinajstić information content (AvgIpc) is 2.63. The first-order valence-corrected chi connectivity index (χ1v) is 7.67. The zero-order valence-corrected chi connectivity index (χ0v) is 10.5. The Labute approximate surface area is 96.9 Å². The number of hydrogen-bond donors (Lipinski definition) is 1. The summed E-state index contributed by atoms with van der Waals surface area (Å²) < 4.78 is 22.2. The summed E-state index contributed by atoms with van der Waals surface area (Å²) in [6.07, 6.45) is 5.24. The first-order valence-electron chi connectivity index (χ1n) is 5.61. The number of sulfone groups is 1. The van der Waals surface area contributed by atoms with Gasteiger partial charge >= 0.3 is 0 Å². The van der Waals surface area contributed by atoms with E-state index >= 15 is 0 Å². The molecule has 0 saturated heterocycles. The van der Waals surface area contributed by atoms with Gasteiger partial charge < -0.3 is 10.6 Å². The lowest BCUT2D eigenvalue weighted by atomic mass is 10.2. The standard InChI is InChI=1S/C10H20N2O3S/c1-16(14,15)8-10(13)12(7-6-11)9-4-2-3-5-9/h9H,2-8,11H2,1H3. The number of nitrogens with two attached hydrogens (primary N) is 1. The monoisotopic (exact) mass is 248 g/mol. The second-order valence-electron chi connectivity index (χ2n) is 4.38. The van der Waals surface area contributed by atoms with Gasteiger partial charge in [0.05, 0.1) is 0 Å². The van der Waals surface area contributed by atoms with Crippen molar-refractivity contribution in [2.24, 2.45) is 5.73 Å². The van der Waals surface area contributed by atoms with Gasteiger partial charge in [0.25, 0.3) is 0 Å². The molecule has 0 aromatic heterocycles. The molecule has 16 heavy (non-hydrogen) atoms. The maximum absolute atomic E-state index is 11.8. The number of carbonyl (C=O) groups excluding carboxylic acids is 1. The lowest BCUT2D eigenvalue weighted by Crippen LogP contribution is -2.44. The van der Waals surface area contributed by atoms with E-state index in [0.29, 0.717) is 13.1 Å². The molecule has 0 aliphatic heterocycles. The van der Waals surface area contributed by atoms with Crippen LogP contribution in [-0.2, 0) is 14.6 Å². The first-order chi connectivity index (χ1) is 7.44. The van der Waals surface area contributed by atoms with Crippen molar-refractivity contribution in [2.45, 2.75) is 31.7 Å². The molecule has 1 rings (SSSR count). The molecule has 1 amide bonds. The number of hydrogen-bond acceptors (Lipinski definition) is 4. The SMILES string of the molecule is CS(=O)(=O)CC(=O)N(CCN)C1CCCC1. The lowest BCUT2D eigenvalue weighted by Gasteiger charge is -2.28. The molecule has 5 nitrogen and oxygen atoms in total. The summed E-state index contributed by atoms with van der Waals surface area (Å²) in [5.74, 6) is -0.705. The fraction of sp³-hybridized carbons (Fsp3) is 0.900. The molecule has 0 bridgehead atoms. The van der Waals surface area contributed by atoms with Gasteiger partial charge in [0.1, 0.15) is 5.75 Å². The van der Waals surface area contributed by atoms with Gasteiger partial charge in [-0.1, -0.05) is 12.8 Å². The third-order valence-corrected chi connectivity index (χ3v) is 3.61. The molecule has 0 unspecified atom stereocenters. The molecule has 94 valence electrons. The predicted octanol–water partition coefficient (Wildman–Crippen LogP) is -0.239. The molecular weight excluding hydrogens is 228 g/mol. The summed E-state index contributed by atoms with van der Waals surface area (Å²) in [4.78, 5) is 13.5. The van der Waals surface area contributed by atoms with E-state index in [9.17, 15) is 13.2 Å². The van der Waals surface area contributed by atoms with E-state index in [1.807, 2.05) is 0 Å². The Balaban J connectivity index is 2.65. The summed E-state index contributed by atoms with van der Waals surface area (Å²) in [6.45, 7) is 0.838.